The Morgan fingerprint density at radius 1 is 1.13 bits per heavy atom. The van der Waals surface area contributed by atoms with Crippen LogP contribution in [0.4, 0.5) is 11.5 Å². The highest BCUT2D eigenvalue weighted by molar-refractivity contribution is 6.06. The SMILES string of the molecule is O=C(O)Cc1cn(Cc2ccc3cc4c(cc3n2)C[C@@]2(C4)C(=O)Nc3ncccc32)c2cccc([N+](=O)[O-])c12. The van der Waals surface area contributed by atoms with Crippen molar-refractivity contribution in [1.82, 2.24) is 14.5 Å². The maximum Gasteiger partial charge on any atom is 0.307 e. The summed E-state index contributed by atoms with van der Waals surface area (Å²) in [7, 11) is 0. The number of nitrogens with one attached hydrogen (secondary N) is 1. The minimum Gasteiger partial charge on any atom is -0.481 e. The second kappa shape index (κ2) is 8.19. The van der Waals surface area contributed by atoms with Crippen molar-refractivity contribution in [3.8, 4) is 0 Å². The van der Waals surface area contributed by atoms with E-state index in [2.05, 4.69) is 16.4 Å². The number of anilines is 1. The Labute approximate surface area is 221 Å². The molecule has 0 saturated carbocycles. The third kappa shape index (κ3) is 3.48. The highest BCUT2D eigenvalue weighted by Gasteiger charge is 2.51. The van der Waals surface area contributed by atoms with Gasteiger partial charge in [-0.3, -0.25) is 24.7 Å². The molecule has 5 aromatic rings. The molecule has 7 rings (SSSR count). The number of benzene rings is 2. The van der Waals surface area contributed by atoms with E-state index < -0.39 is 16.3 Å². The number of hydrogen-bond acceptors (Lipinski definition) is 6. The van der Waals surface area contributed by atoms with Gasteiger partial charge < -0.3 is 15.0 Å². The fourth-order valence-electron chi connectivity index (χ4n) is 6.20. The van der Waals surface area contributed by atoms with E-state index in [4.69, 9.17) is 4.98 Å². The fraction of sp³-hybridized carbons (Fsp3) is 0.172. The summed E-state index contributed by atoms with van der Waals surface area (Å²) in [6.07, 6.45) is 4.19. The van der Waals surface area contributed by atoms with Crippen molar-refractivity contribution in [2.24, 2.45) is 0 Å². The average Bonchev–Trinajstić information content (AvgIpc) is 3.54. The molecule has 1 aliphatic carbocycles. The van der Waals surface area contributed by atoms with Gasteiger partial charge in [-0.05, 0) is 59.9 Å². The van der Waals surface area contributed by atoms with Gasteiger partial charge >= 0.3 is 5.97 Å². The minimum absolute atomic E-state index is 0.0316. The Kier molecular flexibility index (Phi) is 4.84. The van der Waals surface area contributed by atoms with Crippen molar-refractivity contribution in [2.75, 3.05) is 5.32 Å². The summed E-state index contributed by atoms with van der Waals surface area (Å²) in [5.41, 5.74) is 4.83. The monoisotopic (exact) mass is 519 g/mol. The molecular formula is C29H21N5O5. The second-order valence-corrected chi connectivity index (χ2v) is 10.2. The molecule has 0 radical (unpaired) electrons. The number of pyridine rings is 2. The van der Waals surface area contributed by atoms with E-state index in [1.807, 2.05) is 34.9 Å². The third-order valence-corrected chi connectivity index (χ3v) is 7.88. The number of nitro groups is 1. The lowest BCUT2D eigenvalue weighted by atomic mass is 9.79. The van der Waals surface area contributed by atoms with Crippen LogP contribution in [0.2, 0.25) is 0 Å². The van der Waals surface area contributed by atoms with Crippen LogP contribution in [-0.4, -0.2) is 36.4 Å². The first kappa shape index (κ1) is 23.0. The molecule has 0 fully saturated rings. The predicted octanol–water partition coefficient (Wildman–Crippen LogP) is 4.16. The second-order valence-electron chi connectivity index (χ2n) is 10.2. The number of aliphatic carboxylic acids is 1. The molecule has 1 spiro atoms. The quantitative estimate of drug-likeness (QED) is 0.262. The molecule has 2 aliphatic rings. The van der Waals surface area contributed by atoms with E-state index in [-0.39, 0.29) is 18.0 Å². The van der Waals surface area contributed by atoms with Crippen LogP contribution in [0.5, 0.6) is 0 Å². The van der Waals surface area contributed by atoms with E-state index >= 15 is 0 Å². The van der Waals surface area contributed by atoms with Crippen LogP contribution in [0.25, 0.3) is 21.8 Å². The van der Waals surface area contributed by atoms with Crippen molar-refractivity contribution in [3.05, 3.63) is 105 Å². The van der Waals surface area contributed by atoms with Gasteiger partial charge in [0.2, 0.25) is 5.91 Å². The molecule has 2 aromatic carbocycles. The first-order valence-corrected chi connectivity index (χ1v) is 12.5. The number of carbonyl (C=O) groups is 2. The summed E-state index contributed by atoms with van der Waals surface area (Å²) in [5, 5.41) is 25.3. The van der Waals surface area contributed by atoms with Crippen LogP contribution in [0.1, 0.15) is 27.9 Å². The maximum absolute atomic E-state index is 13.1. The maximum atomic E-state index is 13.1. The Bertz CT molecular complexity index is 1890. The molecule has 0 saturated heterocycles. The Balaban J connectivity index is 1.26. The number of hydrogen-bond donors (Lipinski definition) is 2. The molecule has 39 heavy (non-hydrogen) atoms. The Morgan fingerprint density at radius 2 is 1.95 bits per heavy atom. The summed E-state index contributed by atoms with van der Waals surface area (Å²) in [6.45, 7) is 0.315. The van der Waals surface area contributed by atoms with Gasteiger partial charge in [-0.2, -0.15) is 0 Å². The average molecular weight is 520 g/mol. The van der Waals surface area contributed by atoms with Gasteiger partial charge in [-0.25, -0.2) is 4.98 Å². The van der Waals surface area contributed by atoms with Gasteiger partial charge in [0, 0.05) is 29.4 Å². The third-order valence-electron chi connectivity index (χ3n) is 7.88. The number of carboxylic acids is 1. The number of non-ortho nitro benzene ring substituents is 1. The van der Waals surface area contributed by atoms with Gasteiger partial charge in [0.15, 0.2) is 0 Å². The first-order chi connectivity index (χ1) is 18.8. The van der Waals surface area contributed by atoms with Crippen molar-refractivity contribution < 1.29 is 19.6 Å². The topological polar surface area (TPSA) is 140 Å². The van der Waals surface area contributed by atoms with E-state index in [0.29, 0.717) is 41.7 Å². The lowest BCUT2D eigenvalue weighted by Gasteiger charge is -2.20. The first-order valence-electron chi connectivity index (χ1n) is 12.5. The Hall–Kier alpha value is -5.12. The normalized spacial score (nSPS) is 17.5. The van der Waals surface area contributed by atoms with E-state index in [1.165, 1.54) is 6.07 Å². The zero-order chi connectivity index (χ0) is 26.9. The van der Waals surface area contributed by atoms with Crippen LogP contribution in [0.3, 0.4) is 0 Å². The lowest BCUT2D eigenvalue weighted by Crippen LogP contribution is -2.35. The van der Waals surface area contributed by atoms with E-state index in [0.717, 1.165) is 33.3 Å². The molecule has 2 N–H and O–H groups in total. The Morgan fingerprint density at radius 3 is 2.74 bits per heavy atom. The van der Waals surface area contributed by atoms with Crippen LogP contribution < -0.4 is 5.32 Å². The zero-order valence-corrected chi connectivity index (χ0v) is 20.5. The van der Waals surface area contributed by atoms with Gasteiger partial charge in [-0.1, -0.05) is 18.2 Å². The number of rotatable bonds is 5. The number of fused-ring (bicyclic) bond motifs is 5. The van der Waals surface area contributed by atoms with E-state index in [9.17, 15) is 24.8 Å². The standard InChI is InChI=1S/C29H21N5O5/c35-25(36)11-19-14-33(23-4-1-5-24(26(19)23)34(38)39)15-20-7-6-16-9-17-12-29(13-18(17)10-22(16)31-20)21-3-2-8-30-27(21)32-28(29)37/h1-10,14H,11-13,15H2,(H,35,36)(H,30,32,37)/t29-/m1/s1. The highest BCUT2D eigenvalue weighted by Crippen LogP contribution is 2.47. The van der Waals surface area contributed by atoms with Gasteiger partial charge in [0.25, 0.3) is 5.69 Å². The number of nitro benzene ring substituents is 1. The van der Waals surface area contributed by atoms with Crippen molar-refractivity contribution >= 4 is 45.2 Å². The van der Waals surface area contributed by atoms with Crippen molar-refractivity contribution in [3.63, 3.8) is 0 Å². The summed E-state index contributed by atoms with van der Waals surface area (Å²) in [6, 6.07) is 16.6. The molecule has 1 amide bonds. The fourth-order valence-corrected chi connectivity index (χ4v) is 6.20. The number of carboxylic acid groups (broad SMARTS) is 1. The van der Waals surface area contributed by atoms with Crippen LogP contribution >= 0.6 is 0 Å². The number of nitrogens with zero attached hydrogens (tertiary/aromatic N) is 4. The van der Waals surface area contributed by atoms with Crippen LogP contribution in [0, 0.1) is 10.1 Å². The minimum atomic E-state index is -1.06. The van der Waals surface area contributed by atoms with Crippen molar-refractivity contribution in [1.29, 1.82) is 0 Å². The molecule has 3 aromatic heterocycles. The number of amides is 1. The largest absolute Gasteiger partial charge is 0.481 e. The van der Waals surface area contributed by atoms with Crippen LogP contribution in [-0.2, 0) is 40.8 Å². The van der Waals surface area contributed by atoms with E-state index in [1.54, 1.807) is 24.5 Å². The smallest absolute Gasteiger partial charge is 0.307 e. The zero-order valence-electron chi connectivity index (χ0n) is 20.5. The summed E-state index contributed by atoms with van der Waals surface area (Å²) >= 11 is 0. The molecule has 1 aliphatic heterocycles. The van der Waals surface area contributed by atoms with Gasteiger partial charge in [-0.15, -0.1) is 0 Å². The molecule has 192 valence electrons. The highest BCUT2D eigenvalue weighted by atomic mass is 16.6. The molecule has 1 atom stereocenters. The van der Waals surface area contributed by atoms with Gasteiger partial charge in [0.05, 0.1) is 45.4 Å². The number of aromatic nitrogens is 3. The summed E-state index contributed by atoms with van der Waals surface area (Å²) in [5.74, 6) is -0.463. The number of carbonyl (C=O) groups excluding carboxylic acids is 1. The molecular weight excluding hydrogens is 498 g/mol. The predicted molar refractivity (Wildman–Crippen MR) is 143 cm³/mol. The van der Waals surface area contributed by atoms with Gasteiger partial charge in [0.1, 0.15) is 5.82 Å². The molecule has 0 unspecified atom stereocenters. The molecule has 4 heterocycles. The molecule has 10 nitrogen and oxygen atoms in total. The molecule has 0 bridgehead atoms. The lowest BCUT2D eigenvalue weighted by molar-refractivity contribution is -0.383. The molecule has 10 heteroatoms. The summed E-state index contributed by atoms with van der Waals surface area (Å²) in [4.78, 5) is 44.9. The summed E-state index contributed by atoms with van der Waals surface area (Å²) < 4.78 is 1.81. The van der Waals surface area contributed by atoms with Crippen LogP contribution in [0.15, 0.2) is 67.0 Å². The van der Waals surface area contributed by atoms with Crippen molar-refractivity contribution in [2.45, 2.75) is 31.2 Å².